The summed E-state index contributed by atoms with van der Waals surface area (Å²) in [4.78, 5) is 5.24. The molecule has 2 aliphatic heterocycles. The maximum atomic E-state index is 5.86. The molecule has 0 radical (unpaired) electrons. The van der Waals surface area contributed by atoms with Crippen LogP contribution in [0.1, 0.15) is 56.0 Å². The second-order valence-electron chi connectivity index (χ2n) is 9.04. The number of nitrogens with zero attached hydrogens (tertiary/aromatic N) is 6. The van der Waals surface area contributed by atoms with Gasteiger partial charge in [-0.1, -0.05) is 25.0 Å². The molecule has 3 aliphatic rings. The van der Waals surface area contributed by atoms with Crippen LogP contribution in [0.4, 0.5) is 0 Å². The number of benzene rings is 1. The predicted octanol–water partition coefficient (Wildman–Crippen LogP) is 2.51. The molecule has 1 aromatic heterocycles. The van der Waals surface area contributed by atoms with Gasteiger partial charge in [-0.05, 0) is 53.8 Å². The van der Waals surface area contributed by atoms with Crippen LogP contribution in [0, 0.1) is 0 Å². The van der Waals surface area contributed by atoms with Gasteiger partial charge in [0.1, 0.15) is 5.75 Å². The lowest BCUT2D eigenvalue weighted by molar-refractivity contribution is 0.0720. The highest BCUT2D eigenvalue weighted by atomic mass is 16.5. The first-order chi connectivity index (χ1) is 15.3. The Balaban J connectivity index is 1.38. The van der Waals surface area contributed by atoms with Gasteiger partial charge in [-0.3, -0.25) is 9.80 Å². The molecule has 2 aromatic rings. The summed E-state index contributed by atoms with van der Waals surface area (Å²) in [6.07, 6.45) is 7.90. The van der Waals surface area contributed by atoms with E-state index in [4.69, 9.17) is 9.47 Å². The Morgan fingerprint density at radius 3 is 2.48 bits per heavy atom. The monoisotopic (exact) mass is 426 g/mol. The van der Waals surface area contributed by atoms with Crippen molar-refractivity contribution in [3.63, 3.8) is 0 Å². The van der Waals surface area contributed by atoms with Crippen LogP contribution in [-0.2, 0) is 11.3 Å². The van der Waals surface area contributed by atoms with Crippen molar-refractivity contribution in [3.05, 3.63) is 35.7 Å². The Kier molecular flexibility index (Phi) is 6.47. The molecule has 8 nitrogen and oxygen atoms in total. The SMILES string of the molecule is COc1ccc([C@@H](c2nnnn2C[C@@H]2CCCO2)N2CCN(C3CCCC3)CC2)cc1. The lowest BCUT2D eigenvalue weighted by Crippen LogP contribution is -2.51. The summed E-state index contributed by atoms with van der Waals surface area (Å²) >= 11 is 0. The van der Waals surface area contributed by atoms with Crippen molar-refractivity contribution >= 4 is 0 Å². The van der Waals surface area contributed by atoms with Crippen LogP contribution in [0.3, 0.4) is 0 Å². The van der Waals surface area contributed by atoms with Crippen molar-refractivity contribution in [1.29, 1.82) is 0 Å². The molecule has 1 aromatic carbocycles. The van der Waals surface area contributed by atoms with Gasteiger partial charge >= 0.3 is 0 Å². The standard InChI is InChI=1S/C23H34N6O2/c1-30-20-10-8-18(9-11-20)22(23-24-25-26-29(23)17-21-7-4-16-31-21)28-14-12-27(13-15-28)19-5-2-3-6-19/h8-11,19,21-22H,2-7,12-17H2,1H3/t21-,22-/m0/s1. The van der Waals surface area contributed by atoms with Gasteiger partial charge in [-0.15, -0.1) is 5.10 Å². The van der Waals surface area contributed by atoms with Gasteiger partial charge in [0, 0.05) is 38.8 Å². The minimum atomic E-state index is 0.0352. The van der Waals surface area contributed by atoms with Crippen LogP contribution in [0.5, 0.6) is 5.75 Å². The Morgan fingerprint density at radius 2 is 1.81 bits per heavy atom. The van der Waals surface area contributed by atoms with Crippen molar-refractivity contribution in [1.82, 2.24) is 30.0 Å². The van der Waals surface area contributed by atoms with Gasteiger partial charge in [0.2, 0.25) is 0 Å². The van der Waals surface area contributed by atoms with Crippen LogP contribution in [0.2, 0.25) is 0 Å². The first-order valence-corrected chi connectivity index (χ1v) is 11.8. The Hall–Kier alpha value is -2.03. The molecule has 2 atom stereocenters. The smallest absolute Gasteiger partial charge is 0.173 e. The van der Waals surface area contributed by atoms with E-state index in [2.05, 4.69) is 37.5 Å². The molecule has 2 saturated heterocycles. The predicted molar refractivity (Wildman–Crippen MR) is 117 cm³/mol. The van der Waals surface area contributed by atoms with E-state index in [1.54, 1.807) is 7.11 Å². The van der Waals surface area contributed by atoms with Gasteiger partial charge in [0.05, 0.1) is 25.8 Å². The highest BCUT2D eigenvalue weighted by Gasteiger charge is 2.33. The number of methoxy groups -OCH3 is 1. The zero-order valence-electron chi connectivity index (χ0n) is 18.5. The lowest BCUT2D eigenvalue weighted by Gasteiger charge is -2.41. The normalized spacial score (nSPS) is 24.6. The van der Waals surface area contributed by atoms with Crippen LogP contribution < -0.4 is 4.74 Å². The second-order valence-corrected chi connectivity index (χ2v) is 9.04. The fourth-order valence-corrected chi connectivity index (χ4v) is 5.46. The summed E-state index contributed by atoms with van der Waals surface area (Å²) in [5.41, 5.74) is 1.21. The number of ether oxygens (including phenoxy) is 2. The third kappa shape index (κ3) is 4.61. The zero-order valence-corrected chi connectivity index (χ0v) is 18.5. The van der Waals surface area contributed by atoms with Crippen molar-refractivity contribution < 1.29 is 9.47 Å². The lowest BCUT2D eigenvalue weighted by atomic mass is 10.0. The average molecular weight is 427 g/mol. The van der Waals surface area contributed by atoms with Crippen LogP contribution >= 0.6 is 0 Å². The van der Waals surface area contributed by atoms with E-state index in [0.717, 1.165) is 69.8 Å². The van der Waals surface area contributed by atoms with Gasteiger partial charge in [0.15, 0.2) is 5.82 Å². The number of piperazine rings is 1. The van der Waals surface area contributed by atoms with Gasteiger partial charge in [-0.25, -0.2) is 4.68 Å². The number of aromatic nitrogens is 4. The quantitative estimate of drug-likeness (QED) is 0.674. The fraction of sp³-hybridized carbons (Fsp3) is 0.696. The van der Waals surface area contributed by atoms with E-state index in [9.17, 15) is 0 Å². The summed E-state index contributed by atoms with van der Waals surface area (Å²) in [6.45, 7) is 5.85. The molecule has 0 N–H and O–H groups in total. The van der Waals surface area contributed by atoms with Crippen molar-refractivity contribution in [2.24, 2.45) is 0 Å². The fourth-order valence-electron chi connectivity index (χ4n) is 5.46. The first-order valence-electron chi connectivity index (χ1n) is 11.8. The number of tetrazole rings is 1. The number of hydrogen-bond donors (Lipinski definition) is 0. The van der Waals surface area contributed by atoms with E-state index in [1.807, 2.05) is 16.8 Å². The summed E-state index contributed by atoms with van der Waals surface area (Å²) in [5, 5.41) is 12.9. The maximum Gasteiger partial charge on any atom is 0.173 e. The van der Waals surface area contributed by atoms with E-state index >= 15 is 0 Å². The molecule has 0 bridgehead atoms. The molecule has 168 valence electrons. The molecule has 1 saturated carbocycles. The molecule has 31 heavy (non-hydrogen) atoms. The molecular formula is C23H34N6O2. The summed E-state index contributed by atoms with van der Waals surface area (Å²) in [5.74, 6) is 1.78. The Labute approximate surface area is 184 Å². The van der Waals surface area contributed by atoms with E-state index in [1.165, 1.54) is 31.2 Å². The molecule has 5 rings (SSSR count). The van der Waals surface area contributed by atoms with E-state index < -0.39 is 0 Å². The molecule has 3 fully saturated rings. The average Bonchev–Trinajstić information content (AvgIpc) is 3.59. The number of hydrogen-bond acceptors (Lipinski definition) is 7. The highest BCUT2D eigenvalue weighted by molar-refractivity contribution is 5.32. The third-order valence-corrected chi connectivity index (χ3v) is 7.19. The second kappa shape index (κ2) is 9.63. The van der Waals surface area contributed by atoms with Gasteiger partial charge in [-0.2, -0.15) is 0 Å². The van der Waals surface area contributed by atoms with E-state index in [0.29, 0.717) is 0 Å². The molecular weight excluding hydrogens is 392 g/mol. The van der Waals surface area contributed by atoms with Crippen LogP contribution in [0.15, 0.2) is 24.3 Å². The molecule has 0 amide bonds. The summed E-state index contributed by atoms with van der Waals surface area (Å²) in [7, 11) is 1.71. The highest BCUT2D eigenvalue weighted by Crippen LogP contribution is 2.31. The maximum absolute atomic E-state index is 5.86. The van der Waals surface area contributed by atoms with Crippen molar-refractivity contribution in [2.45, 2.75) is 63.3 Å². The summed E-state index contributed by atoms with van der Waals surface area (Å²) in [6, 6.07) is 9.19. The number of rotatable bonds is 7. The minimum Gasteiger partial charge on any atom is -0.497 e. The van der Waals surface area contributed by atoms with Gasteiger partial charge < -0.3 is 9.47 Å². The third-order valence-electron chi connectivity index (χ3n) is 7.19. The van der Waals surface area contributed by atoms with Crippen molar-refractivity contribution in [3.8, 4) is 5.75 Å². The van der Waals surface area contributed by atoms with E-state index in [-0.39, 0.29) is 12.1 Å². The first kappa shape index (κ1) is 20.8. The Morgan fingerprint density at radius 1 is 1.03 bits per heavy atom. The van der Waals surface area contributed by atoms with Gasteiger partial charge in [0.25, 0.3) is 0 Å². The summed E-state index contributed by atoms with van der Waals surface area (Å²) < 4.78 is 13.2. The van der Waals surface area contributed by atoms with Crippen molar-refractivity contribution in [2.75, 3.05) is 39.9 Å². The largest absolute Gasteiger partial charge is 0.497 e. The minimum absolute atomic E-state index is 0.0352. The molecule has 0 unspecified atom stereocenters. The zero-order chi connectivity index (χ0) is 21.0. The molecule has 1 aliphatic carbocycles. The topological polar surface area (TPSA) is 68.5 Å². The molecule has 3 heterocycles. The molecule has 8 heteroatoms. The van der Waals surface area contributed by atoms with Crippen LogP contribution in [0.25, 0.3) is 0 Å². The molecule has 0 spiro atoms. The Bertz CT molecular complexity index is 821. The van der Waals surface area contributed by atoms with Crippen LogP contribution in [-0.4, -0.2) is 82.0 Å².